The number of nitrogens with zero attached hydrogens (tertiary/aromatic N) is 1. The minimum atomic E-state index is 0.0292. The standard InChI is InChI=1S/C11H22N2OS/c1-10-11(14)13(9-12-10)7-5-3-4-6-8-15-2/h10,12H,3-9H2,1-2H3. The van der Waals surface area contributed by atoms with Gasteiger partial charge >= 0.3 is 0 Å². The van der Waals surface area contributed by atoms with E-state index in [1.807, 2.05) is 23.6 Å². The summed E-state index contributed by atoms with van der Waals surface area (Å²) in [4.78, 5) is 13.5. The highest BCUT2D eigenvalue weighted by Crippen LogP contribution is 2.08. The van der Waals surface area contributed by atoms with Gasteiger partial charge in [0, 0.05) is 6.54 Å². The van der Waals surface area contributed by atoms with E-state index in [-0.39, 0.29) is 11.9 Å². The monoisotopic (exact) mass is 230 g/mol. The van der Waals surface area contributed by atoms with Crippen LogP contribution < -0.4 is 5.32 Å². The number of thioether (sulfide) groups is 1. The molecule has 1 aliphatic rings. The first-order chi connectivity index (χ1) is 7.25. The molecule has 0 radical (unpaired) electrons. The van der Waals surface area contributed by atoms with Gasteiger partial charge in [0.05, 0.1) is 12.7 Å². The molecule has 1 aliphatic heterocycles. The van der Waals surface area contributed by atoms with E-state index >= 15 is 0 Å². The van der Waals surface area contributed by atoms with Crippen molar-refractivity contribution in [3.63, 3.8) is 0 Å². The molecule has 0 aromatic heterocycles. The Kier molecular flexibility index (Phi) is 6.10. The molecule has 4 heteroatoms. The van der Waals surface area contributed by atoms with Crippen LogP contribution in [0.5, 0.6) is 0 Å². The minimum Gasteiger partial charge on any atom is -0.329 e. The summed E-state index contributed by atoms with van der Waals surface area (Å²) in [5, 5.41) is 3.15. The average Bonchev–Trinajstić information content (AvgIpc) is 2.54. The van der Waals surface area contributed by atoms with Gasteiger partial charge < -0.3 is 4.90 Å². The van der Waals surface area contributed by atoms with E-state index in [1.165, 1.54) is 25.0 Å². The molecular weight excluding hydrogens is 208 g/mol. The fraction of sp³-hybridized carbons (Fsp3) is 0.909. The summed E-state index contributed by atoms with van der Waals surface area (Å²) in [5.74, 6) is 1.53. The highest BCUT2D eigenvalue weighted by Gasteiger charge is 2.26. The zero-order valence-electron chi connectivity index (χ0n) is 9.79. The molecule has 1 unspecified atom stereocenters. The number of nitrogens with one attached hydrogen (secondary N) is 1. The van der Waals surface area contributed by atoms with Crippen molar-refractivity contribution in [3.05, 3.63) is 0 Å². The number of rotatable bonds is 7. The zero-order valence-corrected chi connectivity index (χ0v) is 10.6. The van der Waals surface area contributed by atoms with Gasteiger partial charge in [0.1, 0.15) is 0 Å². The Labute approximate surface area is 97.0 Å². The van der Waals surface area contributed by atoms with Crippen LogP contribution in [-0.4, -0.2) is 42.1 Å². The Morgan fingerprint density at radius 1 is 1.40 bits per heavy atom. The highest BCUT2D eigenvalue weighted by molar-refractivity contribution is 7.98. The molecule has 88 valence electrons. The van der Waals surface area contributed by atoms with Crippen LogP contribution >= 0.6 is 11.8 Å². The molecule has 1 amide bonds. The Hall–Kier alpha value is -0.220. The maximum atomic E-state index is 11.5. The summed E-state index contributed by atoms with van der Waals surface area (Å²) >= 11 is 1.91. The van der Waals surface area contributed by atoms with Crippen LogP contribution in [0.4, 0.5) is 0 Å². The first kappa shape index (κ1) is 12.8. The number of amides is 1. The third kappa shape index (κ3) is 4.43. The van der Waals surface area contributed by atoms with Crippen molar-refractivity contribution in [1.82, 2.24) is 10.2 Å². The van der Waals surface area contributed by atoms with Crippen molar-refractivity contribution in [1.29, 1.82) is 0 Å². The Morgan fingerprint density at radius 2 is 2.13 bits per heavy atom. The van der Waals surface area contributed by atoms with Gasteiger partial charge in [-0.3, -0.25) is 10.1 Å². The van der Waals surface area contributed by atoms with Gasteiger partial charge in [0.15, 0.2) is 0 Å². The SMILES string of the molecule is CSCCCCCCN1CNC(C)C1=O. The Bertz CT molecular complexity index is 199. The summed E-state index contributed by atoms with van der Waals surface area (Å²) in [6, 6.07) is 0.0292. The van der Waals surface area contributed by atoms with Crippen LogP contribution in [-0.2, 0) is 4.79 Å². The van der Waals surface area contributed by atoms with Crippen LogP contribution in [0.3, 0.4) is 0 Å². The smallest absolute Gasteiger partial charge is 0.240 e. The maximum Gasteiger partial charge on any atom is 0.240 e. The van der Waals surface area contributed by atoms with Gasteiger partial charge in [-0.2, -0.15) is 11.8 Å². The quantitative estimate of drug-likeness (QED) is 0.676. The van der Waals surface area contributed by atoms with Gasteiger partial charge in [-0.15, -0.1) is 0 Å². The van der Waals surface area contributed by atoms with E-state index in [0.29, 0.717) is 0 Å². The molecule has 1 heterocycles. The summed E-state index contributed by atoms with van der Waals surface area (Å²) in [5.41, 5.74) is 0. The van der Waals surface area contributed by atoms with Crippen LogP contribution in [0.1, 0.15) is 32.6 Å². The van der Waals surface area contributed by atoms with E-state index in [4.69, 9.17) is 0 Å². The van der Waals surface area contributed by atoms with Crippen LogP contribution in [0, 0.1) is 0 Å². The van der Waals surface area contributed by atoms with Gasteiger partial charge in [-0.25, -0.2) is 0 Å². The van der Waals surface area contributed by atoms with Crippen LogP contribution in [0.15, 0.2) is 0 Å². The fourth-order valence-electron chi connectivity index (χ4n) is 1.78. The highest BCUT2D eigenvalue weighted by atomic mass is 32.2. The lowest BCUT2D eigenvalue weighted by atomic mass is 10.2. The van der Waals surface area contributed by atoms with Crippen LogP contribution in [0.25, 0.3) is 0 Å². The number of carbonyl (C=O) groups excluding carboxylic acids is 1. The largest absolute Gasteiger partial charge is 0.329 e. The van der Waals surface area contributed by atoms with Gasteiger partial charge in [0.2, 0.25) is 5.91 Å². The maximum absolute atomic E-state index is 11.5. The molecule has 0 spiro atoms. The molecule has 0 bridgehead atoms. The second-order valence-corrected chi connectivity index (χ2v) is 5.08. The lowest BCUT2D eigenvalue weighted by Crippen LogP contribution is -2.29. The molecule has 0 aromatic carbocycles. The first-order valence-electron chi connectivity index (χ1n) is 5.77. The van der Waals surface area contributed by atoms with Crippen molar-refractivity contribution in [2.24, 2.45) is 0 Å². The lowest BCUT2D eigenvalue weighted by molar-refractivity contribution is -0.128. The minimum absolute atomic E-state index is 0.0292. The van der Waals surface area contributed by atoms with E-state index < -0.39 is 0 Å². The fourth-order valence-corrected chi connectivity index (χ4v) is 2.27. The number of hydrogen-bond donors (Lipinski definition) is 1. The average molecular weight is 230 g/mol. The topological polar surface area (TPSA) is 32.3 Å². The Balaban J connectivity index is 1.98. The van der Waals surface area contributed by atoms with Crippen molar-refractivity contribution in [2.75, 3.05) is 25.2 Å². The van der Waals surface area contributed by atoms with E-state index in [9.17, 15) is 4.79 Å². The normalized spacial score (nSPS) is 21.3. The predicted octanol–water partition coefficient (Wildman–Crippen LogP) is 1.69. The molecule has 0 aliphatic carbocycles. The summed E-state index contributed by atoms with van der Waals surface area (Å²) < 4.78 is 0. The molecule has 1 saturated heterocycles. The third-order valence-electron chi connectivity index (χ3n) is 2.80. The zero-order chi connectivity index (χ0) is 11.1. The van der Waals surface area contributed by atoms with Gasteiger partial charge in [-0.05, 0) is 31.8 Å². The van der Waals surface area contributed by atoms with E-state index in [0.717, 1.165) is 19.6 Å². The Morgan fingerprint density at radius 3 is 2.73 bits per heavy atom. The molecule has 1 atom stereocenters. The number of carbonyl (C=O) groups is 1. The molecule has 1 N–H and O–H groups in total. The van der Waals surface area contributed by atoms with E-state index in [1.54, 1.807) is 0 Å². The molecule has 3 nitrogen and oxygen atoms in total. The first-order valence-corrected chi connectivity index (χ1v) is 7.16. The second kappa shape index (κ2) is 7.12. The molecule has 15 heavy (non-hydrogen) atoms. The molecular formula is C11H22N2OS. The molecule has 1 fully saturated rings. The third-order valence-corrected chi connectivity index (χ3v) is 3.49. The van der Waals surface area contributed by atoms with E-state index in [2.05, 4.69) is 11.6 Å². The lowest BCUT2D eigenvalue weighted by Gasteiger charge is -2.14. The summed E-state index contributed by atoms with van der Waals surface area (Å²) in [6.07, 6.45) is 7.15. The van der Waals surface area contributed by atoms with Gasteiger partial charge in [-0.1, -0.05) is 12.8 Å². The van der Waals surface area contributed by atoms with Crippen molar-refractivity contribution in [3.8, 4) is 0 Å². The van der Waals surface area contributed by atoms with Crippen molar-refractivity contribution in [2.45, 2.75) is 38.6 Å². The predicted molar refractivity (Wildman–Crippen MR) is 66.0 cm³/mol. The van der Waals surface area contributed by atoms with Gasteiger partial charge in [0.25, 0.3) is 0 Å². The summed E-state index contributed by atoms with van der Waals surface area (Å²) in [7, 11) is 0. The second-order valence-electron chi connectivity index (χ2n) is 4.09. The summed E-state index contributed by atoms with van der Waals surface area (Å²) in [6.45, 7) is 3.60. The van der Waals surface area contributed by atoms with Crippen molar-refractivity contribution < 1.29 is 4.79 Å². The molecule has 1 rings (SSSR count). The van der Waals surface area contributed by atoms with Crippen LogP contribution in [0.2, 0.25) is 0 Å². The molecule has 0 saturated carbocycles. The number of unbranched alkanes of at least 4 members (excludes halogenated alkanes) is 3. The van der Waals surface area contributed by atoms with Crippen molar-refractivity contribution >= 4 is 17.7 Å². The molecule has 0 aromatic rings. The number of hydrogen-bond acceptors (Lipinski definition) is 3.